The van der Waals surface area contributed by atoms with Crippen molar-refractivity contribution in [3.8, 4) is 0 Å². The van der Waals surface area contributed by atoms with Gasteiger partial charge in [0, 0.05) is 0 Å². The summed E-state index contributed by atoms with van der Waals surface area (Å²) in [6, 6.07) is 1.69. The molecule has 0 aliphatic carbocycles. The highest BCUT2D eigenvalue weighted by Crippen LogP contribution is 2.36. The summed E-state index contributed by atoms with van der Waals surface area (Å²) in [6.07, 6.45) is -4.57. The van der Waals surface area contributed by atoms with E-state index in [4.69, 9.17) is 16.8 Å². The largest absolute Gasteiger partial charge is 0.417 e. The van der Waals surface area contributed by atoms with E-state index in [1.54, 1.807) is 0 Å². The molecule has 0 fully saturated rings. The molecule has 2 aromatic rings. The topological polar surface area (TPSA) is 50.9 Å². The maximum atomic E-state index is 12.4. The molecule has 0 atom stereocenters. The average Bonchev–Trinajstić information content (AvgIpc) is 2.44. The molecule has 2 rings (SSSR count). The number of hydrogen-bond acceptors (Lipinski definition) is 3. The quantitative estimate of drug-likeness (QED) is 0.716. The van der Waals surface area contributed by atoms with Crippen molar-refractivity contribution in [2.75, 3.05) is 0 Å². The van der Waals surface area contributed by atoms with Crippen molar-refractivity contribution < 1.29 is 18.4 Å². The van der Waals surface area contributed by atoms with E-state index in [1.807, 2.05) is 0 Å². The molecule has 0 radical (unpaired) electrons. The summed E-state index contributed by atoms with van der Waals surface area (Å²) >= 11 is 5.42. The van der Waals surface area contributed by atoms with Gasteiger partial charge < -0.3 is 5.21 Å². The van der Waals surface area contributed by atoms with E-state index in [0.717, 1.165) is 6.07 Å². The van der Waals surface area contributed by atoms with Gasteiger partial charge >= 0.3 is 6.18 Å². The maximum absolute atomic E-state index is 12.4. The van der Waals surface area contributed by atoms with Crippen LogP contribution in [0, 0.1) is 0 Å². The van der Waals surface area contributed by atoms with Gasteiger partial charge in [-0.2, -0.15) is 13.2 Å². The van der Waals surface area contributed by atoms with Crippen LogP contribution in [0.5, 0.6) is 0 Å². The Bertz CT molecular complexity index is 522. The third kappa shape index (κ3) is 1.58. The Kier molecular flexibility index (Phi) is 2.00. The van der Waals surface area contributed by atoms with Crippen molar-refractivity contribution in [2.45, 2.75) is 6.18 Å². The zero-order chi connectivity index (χ0) is 11.2. The zero-order valence-corrected chi connectivity index (χ0v) is 7.71. The van der Waals surface area contributed by atoms with Crippen LogP contribution in [0.15, 0.2) is 12.1 Å². The highest BCUT2D eigenvalue weighted by Gasteiger charge is 2.34. The first kappa shape index (κ1) is 10.0. The molecule has 0 saturated carbocycles. The molecule has 1 N–H and O–H groups in total. The second-order valence-electron chi connectivity index (χ2n) is 2.80. The van der Waals surface area contributed by atoms with Gasteiger partial charge in [-0.15, -0.1) is 5.10 Å². The standard InChI is InChI=1S/C7H3ClF3N3O/c8-4-2-5-6(14(15)13-12-5)1-3(4)7(9,10)11/h1-2,15H. The van der Waals surface area contributed by atoms with Gasteiger partial charge in [0.25, 0.3) is 0 Å². The van der Waals surface area contributed by atoms with E-state index in [1.165, 1.54) is 0 Å². The summed E-state index contributed by atoms with van der Waals surface area (Å²) in [6.45, 7) is 0. The van der Waals surface area contributed by atoms with E-state index in [0.29, 0.717) is 6.07 Å². The van der Waals surface area contributed by atoms with Gasteiger partial charge in [-0.3, -0.25) is 0 Å². The summed E-state index contributed by atoms with van der Waals surface area (Å²) in [5.41, 5.74) is -1.09. The fourth-order valence-corrected chi connectivity index (χ4v) is 1.41. The van der Waals surface area contributed by atoms with E-state index >= 15 is 0 Å². The molecule has 8 heteroatoms. The summed E-state index contributed by atoms with van der Waals surface area (Å²) < 4.78 is 37.2. The van der Waals surface area contributed by atoms with E-state index < -0.39 is 16.8 Å². The fraction of sp³-hybridized carbons (Fsp3) is 0.143. The summed E-state index contributed by atoms with van der Waals surface area (Å²) in [4.78, 5) is 0.265. The Morgan fingerprint density at radius 1 is 1.33 bits per heavy atom. The van der Waals surface area contributed by atoms with Gasteiger partial charge in [0.15, 0.2) is 0 Å². The molecule has 0 aliphatic heterocycles. The molecule has 1 aromatic carbocycles. The van der Waals surface area contributed by atoms with Crippen LogP contribution in [0.1, 0.15) is 5.56 Å². The molecule has 0 unspecified atom stereocenters. The maximum Gasteiger partial charge on any atom is 0.417 e. The fourth-order valence-electron chi connectivity index (χ4n) is 1.15. The Balaban J connectivity index is 2.76. The molecule has 0 saturated heterocycles. The first-order valence-electron chi connectivity index (χ1n) is 3.71. The third-order valence-electron chi connectivity index (χ3n) is 1.82. The summed E-state index contributed by atoms with van der Waals surface area (Å²) in [5.74, 6) is 0. The third-order valence-corrected chi connectivity index (χ3v) is 2.13. The van der Waals surface area contributed by atoms with Crippen molar-refractivity contribution in [3.05, 3.63) is 22.7 Å². The van der Waals surface area contributed by atoms with E-state index in [2.05, 4.69) is 10.3 Å². The number of fused-ring (bicyclic) bond motifs is 1. The number of rotatable bonds is 0. The summed E-state index contributed by atoms with van der Waals surface area (Å²) in [5, 5.41) is 15.1. The minimum Gasteiger partial charge on any atom is -0.410 e. The monoisotopic (exact) mass is 237 g/mol. The zero-order valence-electron chi connectivity index (χ0n) is 6.96. The highest BCUT2D eigenvalue weighted by atomic mass is 35.5. The molecular formula is C7H3ClF3N3O. The number of halogens is 4. The molecule has 4 nitrogen and oxygen atoms in total. The lowest BCUT2D eigenvalue weighted by Gasteiger charge is -2.07. The Morgan fingerprint density at radius 3 is 2.60 bits per heavy atom. The number of benzene rings is 1. The summed E-state index contributed by atoms with van der Waals surface area (Å²) in [7, 11) is 0. The average molecular weight is 238 g/mol. The van der Waals surface area contributed by atoms with Crippen molar-refractivity contribution >= 4 is 22.6 Å². The van der Waals surface area contributed by atoms with Crippen LogP contribution >= 0.6 is 11.6 Å². The molecule has 0 aliphatic rings. The van der Waals surface area contributed by atoms with E-state index in [-0.39, 0.29) is 15.9 Å². The highest BCUT2D eigenvalue weighted by molar-refractivity contribution is 6.32. The second kappa shape index (κ2) is 2.99. The Hall–Kier alpha value is -1.50. The van der Waals surface area contributed by atoms with Crippen LogP contribution in [0.25, 0.3) is 11.0 Å². The Labute approximate surface area is 85.8 Å². The van der Waals surface area contributed by atoms with Gasteiger partial charge in [0.05, 0.1) is 10.6 Å². The minimum absolute atomic E-state index is 0.0931. The lowest BCUT2D eigenvalue weighted by Crippen LogP contribution is -2.06. The molecule has 1 heterocycles. The lowest BCUT2D eigenvalue weighted by atomic mass is 10.2. The van der Waals surface area contributed by atoms with Gasteiger partial charge in [0.1, 0.15) is 11.0 Å². The van der Waals surface area contributed by atoms with Gasteiger partial charge in [-0.25, -0.2) is 0 Å². The smallest absolute Gasteiger partial charge is 0.410 e. The van der Waals surface area contributed by atoms with Crippen molar-refractivity contribution in [3.63, 3.8) is 0 Å². The molecule has 80 valence electrons. The molecule has 15 heavy (non-hydrogen) atoms. The molecule has 0 bridgehead atoms. The van der Waals surface area contributed by atoms with E-state index in [9.17, 15) is 13.2 Å². The first-order valence-corrected chi connectivity index (χ1v) is 4.09. The van der Waals surface area contributed by atoms with Crippen LogP contribution in [0.2, 0.25) is 5.02 Å². The number of aromatic nitrogens is 3. The van der Waals surface area contributed by atoms with Crippen molar-refractivity contribution in [1.82, 2.24) is 15.2 Å². The normalized spacial score (nSPS) is 12.3. The number of nitrogens with zero attached hydrogens (tertiary/aromatic N) is 3. The predicted molar refractivity (Wildman–Crippen MR) is 44.7 cm³/mol. The van der Waals surface area contributed by atoms with Crippen LogP contribution in [-0.2, 0) is 6.18 Å². The van der Waals surface area contributed by atoms with Crippen molar-refractivity contribution in [2.24, 2.45) is 0 Å². The number of alkyl halides is 3. The minimum atomic E-state index is -4.57. The first-order chi connectivity index (χ1) is 6.89. The lowest BCUT2D eigenvalue weighted by molar-refractivity contribution is -0.137. The number of hydrogen-bond donors (Lipinski definition) is 1. The molecule has 1 aromatic heterocycles. The van der Waals surface area contributed by atoms with Crippen LogP contribution in [-0.4, -0.2) is 20.4 Å². The van der Waals surface area contributed by atoms with Crippen LogP contribution < -0.4 is 0 Å². The van der Waals surface area contributed by atoms with Gasteiger partial charge in [0.2, 0.25) is 0 Å². The van der Waals surface area contributed by atoms with Crippen LogP contribution in [0.4, 0.5) is 13.2 Å². The van der Waals surface area contributed by atoms with Crippen molar-refractivity contribution in [1.29, 1.82) is 0 Å². The molecule has 0 amide bonds. The van der Waals surface area contributed by atoms with Gasteiger partial charge in [-0.05, 0) is 17.3 Å². The van der Waals surface area contributed by atoms with Gasteiger partial charge in [-0.1, -0.05) is 16.4 Å². The Morgan fingerprint density at radius 2 is 2.00 bits per heavy atom. The predicted octanol–water partition coefficient (Wildman–Crippen LogP) is 2.34. The SMILES string of the molecule is On1nnc2cc(Cl)c(C(F)(F)F)cc21. The second-order valence-corrected chi connectivity index (χ2v) is 3.20. The molecular weight excluding hydrogens is 235 g/mol. The van der Waals surface area contributed by atoms with Crippen LogP contribution in [0.3, 0.4) is 0 Å². The molecule has 0 spiro atoms.